The Bertz CT molecular complexity index is 1070. The summed E-state index contributed by atoms with van der Waals surface area (Å²) in [5, 5.41) is 8.87. The lowest BCUT2D eigenvalue weighted by atomic mass is 10.0. The molecular weight excluding hydrogens is 422 g/mol. The highest BCUT2D eigenvalue weighted by molar-refractivity contribution is 6.33. The van der Waals surface area contributed by atoms with Crippen LogP contribution in [-0.4, -0.2) is 16.3 Å². The molecule has 0 bridgehead atoms. The van der Waals surface area contributed by atoms with Crippen molar-refractivity contribution in [3.8, 4) is 16.9 Å². The smallest absolute Gasteiger partial charge is 0.370 e. The van der Waals surface area contributed by atoms with Crippen LogP contribution < -0.4 is 5.32 Å². The highest BCUT2D eigenvalue weighted by Crippen LogP contribution is 2.40. The van der Waals surface area contributed by atoms with Crippen molar-refractivity contribution in [2.24, 2.45) is 0 Å². The summed E-state index contributed by atoms with van der Waals surface area (Å²) in [5.41, 5.74) is 2.52. The first-order valence-corrected chi connectivity index (χ1v) is 10.0. The standard InChI is InChI=1S/C21H18Cl2F3N3/c1-12-5-7-14(11-18(12)23)29-20-15(4-2-3-9-27-20)19(28-29)16-10-13(21(24,25)26)6-8-17(16)22/h5-8,10-11,27H,2-4,9H2,1H3. The molecule has 1 aliphatic rings. The molecule has 3 aromatic rings. The molecule has 1 aliphatic heterocycles. The van der Waals surface area contributed by atoms with Crippen molar-refractivity contribution in [1.82, 2.24) is 9.78 Å². The van der Waals surface area contributed by atoms with Crippen molar-refractivity contribution in [1.29, 1.82) is 0 Å². The van der Waals surface area contributed by atoms with Crippen LogP contribution in [0.25, 0.3) is 16.9 Å². The van der Waals surface area contributed by atoms with Gasteiger partial charge in [-0.05, 0) is 62.1 Å². The van der Waals surface area contributed by atoms with E-state index in [1.807, 2.05) is 19.1 Å². The Morgan fingerprint density at radius 3 is 2.55 bits per heavy atom. The highest BCUT2D eigenvalue weighted by Gasteiger charge is 2.32. The molecule has 0 saturated carbocycles. The number of nitrogens with one attached hydrogen (secondary N) is 1. The number of aromatic nitrogens is 2. The van der Waals surface area contributed by atoms with Gasteiger partial charge in [0.2, 0.25) is 0 Å². The van der Waals surface area contributed by atoms with E-state index in [0.717, 1.165) is 54.2 Å². The van der Waals surface area contributed by atoms with Crippen molar-refractivity contribution in [2.45, 2.75) is 32.4 Å². The molecular formula is C21H18Cl2F3N3. The van der Waals surface area contributed by atoms with E-state index >= 15 is 0 Å². The fourth-order valence-electron chi connectivity index (χ4n) is 3.50. The third kappa shape index (κ3) is 3.83. The predicted molar refractivity (Wildman–Crippen MR) is 110 cm³/mol. The van der Waals surface area contributed by atoms with Gasteiger partial charge >= 0.3 is 6.18 Å². The Kier molecular flexibility index (Phi) is 5.25. The summed E-state index contributed by atoms with van der Waals surface area (Å²) in [6, 6.07) is 8.91. The highest BCUT2D eigenvalue weighted by atomic mass is 35.5. The van der Waals surface area contributed by atoms with Crippen LogP contribution in [0.2, 0.25) is 10.0 Å². The summed E-state index contributed by atoms with van der Waals surface area (Å²) in [6.45, 7) is 2.66. The van der Waals surface area contributed by atoms with Crippen LogP contribution in [0.4, 0.5) is 19.0 Å². The molecule has 29 heavy (non-hydrogen) atoms. The topological polar surface area (TPSA) is 29.9 Å². The molecule has 0 unspecified atom stereocenters. The molecule has 2 aromatic carbocycles. The molecule has 0 radical (unpaired) electrons. The number of nitrogens with zero attached hydrogens (tertiary/aromatic N) is 2. The van der Waals surface area contributed by atoms with E-state index in [2.05, 4.69) is 10.4 Å². The fraction of sp³-hybridized carbons (Fsp3) is 0.286. The first-order valence-electron chi connectivity index (χ1n) is 9.25. The summed E-state index contributed by atoms with van der Waals surface area (Å²) in [4.78, 5) is 0. The number of benzene rings is 2. The molecule has 2 heterocycles. The summed E-state index contributed by atoms with van der Waals surface area (Å²) in [5.74, 6) is 0.769. The number of fused-ring (bicyclic) bond motifs is 1. The fourth-order valence-corrected chi connectivity index (χ4v) is 3.88. The van der Waals surface area contributed by atoms with Crippen LogP contribution >= 0.6 is 23.2 Å². The van der Waals surface area contributed by atoms with Gasteiger partial charge in [-0.1, -0.05) is 29.3 Å². The van der Waals surface area contributed by atoms with E-state index in [4.69, 9.17) is 23.2 Å². The zero-order chi connectivity index (χ0) is 20.8. The molecule has 152 valence electrons. The lowest BCUT2D eigenvalue weighted by Gasteiger charge is -2.10. The quantitative estimate of drug-likeness (QED) is 0.469. The van der Waals surface area contributed by atoms with Gasteiger partial charge in [-0.25, -0.2) is 4.68 Å². The Labute approximate surface area is 176 Å². The number of hydrogen-bond acceptors (Lipinski definition) is 2. The van der Waals surface area contributed by atoms with E-state index in [9.17, 15) is 13.2 Å². The number of alkyl halides is 3. The number of halogens is 5. The molecule has 0 amide bonds. The van der Waals surface area contributed by atoms with Crippen molar-refractivity contribution in [3.05, 3.63) is 63.1 Å². The van der Waals surface area contributed by atoms with Gasteiger partial charge in [0.15, 0.2) is 0 Å². The molecule has 0 fully saturated rings. The van der Waals surface area contributed by atoms with Gasteiger partial charge in [-0.3, -0.25) is 0 Å². The van der Waals surface area contributed by atoms with E-state index in [1.54, 1.807) is 10.7 Å². The van der Waals surface area contributed by atoms with E-state index < -0.39 is 11.7 Å². The molecule has 0 aliphatic carbocycles. The van der Waals surface area contributed by atoms with Crippen molar-refractivity contribution in [2.75, 3.05) is 11.9 Å². The molecule has 3 nitrogen and oxygen atoms in total. The van der Waals surface area contributed by atoms with Gasteiger partial charge in [-0.15, -0.1) is 0 Å². The number of anilines is 1. The SMILES string of the molecule is Cc1ccc(-n2nc(-c3cc(C(F)(F)F)ccc3Cl)c3c2NCCCC3)cc1Cl. The maximum absolute atomic E-state index is 13.3. The molecule has 0 saturated heterocycles. The Hall–Kier alpha value is -2.18. The van der Waals surface area contributed by atoms with E-state index in [-0.39, 0.29) is 10.6 Å². The molecule has 8 heteroatoms. The van der Waals surface area contributed by atoms with Crippen LogP contribution in [0.15, 0.2) is 36.4 Å². The Balaban J connectivity index is 1.93. The molecule has 0 atom stereocenters. The lowest BCUT2D eigenvalue weighted by molar-refractivity contribution is -0.137. The number of aryl methyl sites for hydroxylation is 1. The normalized spacial score (nSPS) is 14.3. The molecule has 0 spiro atoms. The minimum Gasteiger partial charge on any atom is -0.370 e. The summed E-state index contributed by atoms with van der Waals surface area (Å²) < 4.78 is 41.5. The molecule has 1 N–H and O–H groups in total. The van der Waals surface area contributed by atoms with Crippen molar-refractivity contribution in [3.63, 3.8) is 0 Å². The van der Waals surface area contributed by atoms with Crippen LogP contribution in [0.5, 0.6) is 0 Å². The van der Waals surface area contributed by atoms with Crippen LogP contribution in [0.1, 0.15) is 29.5 Å². The number of rotatable bonds is 2. The summed E-state index contributed by atoms with van der Waals surface area (Å²) in [6.07, 6.45) is -1.89. The van der Waals surface area contributed by atoms with Crippen LogP contribution in [0, 0.1) is 6.92 Å². The first kappa shape index (κ1) is 20.1. The second kappa shape index (κ2) is 7.58. The largest absolute Gasteiger partial charge is 0.416 e. The second-order valence-electron chi connectivity index (χ2n) is 7.10. The van der Waals surface area contributed by atoms with Gasteiger partial charge in [0, 0.05) is 22.7 Å². The van der Waals surface area contributed by atoms with Crippen LogP contribution in [0.3, 0.4) is 0 Å². The molecule has 4 rings (SSSR count). The second-order valence-corrected chi connectivity index (χ2v) is 7.91. The number of hydrogen-bond donors (Lipinski definition) is 1. The maximum atomic E-state index is 13.3. The Morgan fingerprint density at radius 1 is 1.03 bits per heavy atom. The van der Waals surface area contributed by atoms with Crippen LogP contribution in [-0.2, 0) is 12.6 Å². The van der Waals surface area contributed by atoms with Gasteiger partial charge in [0.05, 0.1) is 22.0 Å². The van der Waals surface area contributed by atoms with Gasteiger partial charge in [0.25, 0.3) is 0 Å². The third-order valence-electron chi connectivity index (χ3n) is 5.08. The van der Waals surface area contributed by atoms with Gasteiger partial charge in [0.1, 0.15) is 5.82 Å². The summed E-state index contributed by atoms with van der Waals surface area (Å²) >= 11 is 12.6. The summed E-state index contributed by atoms with van der Waals surface area (Å²) in [7, 11) is 0. The first-order chi connectivity index (χ1) is 13.8. The van der Waals surface area contributed by atoms with E-state index in [0.29, 0.717) is 17.1 Å². The monoisotopic (exact) mass is 439 g/mol. The zero-order valence-electron chi connectivity index (χ0n) is 15.6. The Morgan fingerprint density at radius 2 is 1.83 bits per heavy atom. The maximum Gasteiger partial charge on any atom is 0.416 e. The lowest BCUT2D eigenvalue weighted by Crippen LogP contribution is -2.07. The predicted octanol–water partition coefficient (Wildman–Crippen LogP) is 6.92. The average Bonchev–Trinajstić information content (AvgIpc) is 2.84. The zero-order valence-corrected chi connectivity index (χ0v) is 17.1. The minimum absolute atomic E-state index is 0.233. The third-order valence-corrected chi connectivity index (χ3v) is 5.82. The van der Waals surface area contributed by atoms with Crippen molar-refractivity contribution < 1.29 is 13.2 Å². The van der Waals surface area contributed by atoms with Gasteiger partial charge < -0.3 is 5.32 Å². The molecule has 1 aromatic heterocycles. The van der Waals surface area contributed by atoms with Gasteiger partial charge in [-0.2, -0.15) is 18.3 Å². The van der Waals surface area contributed by atoms with E-state index in [1.165, 1.54) is 6.07 Å². The minimum atomic E-state index is -4.46. The average molecular weight is 440 g/mol. The van der Waals surface area contributed by atoms with Crippen molar-refractivity contribution >= 4 is 29.0 Å².